The minimum atomic E-state index is -0.867. The number of hydrogen-bond donors (Lipinski definition) is 3. The molecule has 0 aromatic rings. The monoisotopic (exact) mass is 184 g/mol. The van der Waals surface area contributed by atoms with Gasteiger partial charge in [-0.25, -0.2) is 9.59 Å². The van der Waals surface area contributed by atoms with Gasteiger partial charge in [0.05, 0.1) is 0 Å². The van der Waals surface area contributed by atoms with Crippen LogP contribution in [0.25, 0.3) is 0 Å². The van der Waals surface area contributed by atoms with E-state index in [4.69, 9.17) is 5.73 Å². The minimum Gasteiger partial charge on any atom is -0.351 e. The highest BCUT2D eigenvalue weighted by molar-refractivity contribution is 6.03. The smallest absolute Gasteiger partial charge is 0.328 e. The molecule has 1 rings (SSSR count). The number of carbonyl (C=O) groups excluding carboxylic acids is 2. The average Bonchev–Trinajstić information content (AvgIpc) is 2.04. The van der Waals surface area contributed by atoms with Gasteiger partial charge in [-0.1, -0.05) is 0 Å². The van der Waals surface area contributed by atoms with E-state index in [2.05, 4.69) is 10.3 Å². The zero-order valence-corrected chi connectivity index (χ0v) is 7.17. The topological polar surface area (TPSA) is 96.6 Å². The van der Waals surface area contributed by atoms with Gasteiger partial charge in [0.25, 0.3) is 0 Å². The van der Waals surface area contributed by atoms with E-state index < -0.39 is 12.1 Å². The molecule has 0 unspecified atom stereocenters. The Labute approximate surface area is 75.6 Å². The Morgan fingerprint density at radius 3 is 2.69 bits per heavy atom. The molecule has 72 valence electrons. The first kappa shape index (κ1) is 9.50. The molecule has 0 saturated heterocycles. The van der Waals surface area contributed by atoms with Crippen LogP contribution in [0.3, 0.4) is 0 Å². The number of urea groups is 2. The van der Waals surface area contributed by atoms with Crippen LogP contribution in [-0.2, 0) is 0 Å². The maximum atomic E-state index is 10.9. The summed E-state index contributed by atoms with van der Waals surface area (Å²) >= 11 is 0. The first-order valence-electron chi connectivity index (χ1n) is 4.09. The van der Waals surface area contributed by atoms with Crippen LogP contribution >= 0.6 is 0 Å². The van der Waals surface area contributed by atoms with Crippen molar-refractivity contribution in [2.75, 3.05) is 6.54 Å². The molecule has 0 atom stereocenters. The SMILES string of the molecule is NC(=O)NC(=O)NC1=NCCCC1. The predicted octanol–water partition coefficient (Wildman–Crippen LogP) is -0.0533. The molecule has 6 heteroatoms. The quantitative estimate of drug-likeness (QED) is 0.492. The van der Waals surface area contributed by atoms with Crippen molar-refractivity contribution in [1.29, 1.82) is 0 Å². The lowest BCUT2D eigenvalue weighted by Gasteiger charge is -2.12. The fourth-order valence-corrected chi connectivity index (χ4v) is 1.07. The van der Waals surface area contributed by atoms with Crippen LogP contribution in [0.1, 0.15) is 19.3 Å². The van der Waals surface area contributed by atoms with Gasteiger partial charge in [-0.15, -0.1) is 0 Å². The van der Waals surface area contributed by atoms with E-state index in [9.17, 15) is 9.59 Å². The zero-order chi connectivity index (χ0) is 9.68. The van der Waals surface area contributed by atoms with Crippen LogP contribution in [0.2, 0.25) is 0 Å². The molecule has 4 amide bonds. The molecule has 0 aliphatic carbocycles. The Balaban J connectivity index is 2.34. The highest BCUT2D eigenvalue weighted by atomic mass is 16.2. The van der Waals surface area contributed by atoms with Gasteiger partial charge in [0.15, 0.2) is 0 Å². The van der Waals surface area contributed by atoms with Gasteiger partial charge >= 0.3 is 12.1 Å². The van der Waals surface area contributed by atoms with E-state index in [0.717, 1.165) is 25.8 Å². The third kappa shape index (κ3) is 3.55. The van der Waals surface area contributed by atoms with Crippen molar-refractivity contribution in [2.24, 2.45) is 10.7 Å². The van der Waals surface area contributed by atoms with Crippen LogP contribution in [0.4, 0.5) is 9.59 Å². The molecule has 0 fully saturated rings. The van der Waals surface area contributed by atoms with Crippen LogP contribution in [0.5, 0.6) is 0 Å². The van der Waals surface area contributed by atoms with Gasteiger partial charge in [0, 0.05) is 13.0 Å². The minimum absolute atomic E-state index is 0.616. The zero-order valence-electron chi connectivity index (χ0n) is 7.17. The number of amidine groups is 1. The van der Waals surface area contributed by atoms with Crippen molar-refractivity contribution >= 4 is 17.9 Å². The van der Waals surface area contributed by atoms with E-state index in [0.29, 0.717) is 5.84 Å². The number of primary amides is 1. The van der Waals surface area contributed by atoms with Crippen LogP contribution < -0.4 is 16.4 Å². The van der Waals surface area contributed by atoms with Gasteiger partial charge in [-0.05, 0) is 12.8 Å². The van der Waals surface area contributed by atoms with E-state index >= 15 is 0 Å². The number of amides is 4. The summed E-state index contributed by atoms with van der Waals surface area (Å²) in [5.74, 6) is 0.616. The standard InChI is InChI=1S/C7H12N4O2/c8-6(12)11-7(13)10-5-3-1-2-4-9-5/h1-4H2,(H4,8,9,10,11,12,13). The van der Waals surface area contributed by atoms with Crippen LogP contribution in [0, 0.1) is 0 Å². The summed E-state index contributed by atoms with van der Waals surface area (Å²) in [6.07, 6.45) is 2.80. The number of nitrogens with two attached hydrogens (primary N) is 1. The summed E-state index contributed by atoms with van der Waals surface area (Å²) in [6, 6.07) is -1.48. The van der Waals surface area contributed by atoms with Gasteiger partial charge in [0.1, 0.15) is 5.84 Å². The van der Waals surface area contributed by atoms with Crippen LogP contribution in [0.15, 0.2) is 4.99 Å². The van der Waals surface area contributed by atoms with Gasteiger partial charge < -0.3 is 5.73 Å². The van der Waals surface area contributed by atoms with Gasteiger partial charge in [-0.2, -0.15) is 0 Å². The Hall–Kier alpha value is -1.59. The molecule has 4 N–H and O–H groups in total. The van der Waals surface area contributed by atoms with Crippen molar-refractivity contribution in [2.45, 2.75) is 19.3 Å². The molecule has 0 aromatic heterocycles. The molecule has 0 spiro atoms. The summed E-state index contributed by atoms with van der Waals surface area (Å²) in [7, 11) is 0. The lowest BCUT2D eigenvalue weighted by molar-refractivity contribution is 0.234. The summed E-state index contributed by atoms with van der Waals surface area (Å²) in [6.45, 7) is 0.728. The highest BCUT2D eigenvalue weighted by Gasteiger charge is 2.09. The number of rotatable bonds is 0. The lowest BCUT2D eigenvalue weighted by Crippen LogP contribution is -2.45. The number of aliphatic imine (C=N–C) groups is 1. The fraction of sp³-hybridized carbons (Fsp3) is 0.571. The number of imide groups is 1. The van der Waals surface area contributed by atoms with E-state index in [1.165, 1.54) is 0 Å². The number of hydrogen-bond acceptors (Lipinski definition) is 3. The molecule has 0 aromatic carbocycles. The number of nitrogens with zero attached hydrogens (tertiary/aromatic N) is 1. The number of nitrogens with one attached hydrogen (secondary N) is 2. The molecule has 0 radical (unpaired) electrons. The Morgan fingerprint density at radius 1 is 1.38 bits per heavy atom. The maximum Gasteiger partial charge on any atom is 0.328 e. The van der Waals surface area contributed by atoms with Crippen LogP contribution in [-0.4, -0.2) is 24.4 Å². The first-order chi connectivity index (χ1) is 6.18. The van der Waals surface area contributed by atoms with Crippen molar-refractivity contribution in [3.05, 3.63) is 0 Å². The third-order valence-corrected chi connectivity index (χ3v) is 1.62. The molecule has 1 aliphatic heterocycles. The second-order valence-corrected chi connectivity index (χ2v) is 2.73. The Morgan fingerprint density at radius 2 is 2.15 bits per heavy atom. The molecule has 0 bridgehead atoms. The molecule has 0 saturated carbocycles. The van der Waals surface area contributed by atoms with Gasteiger partial charge in [0.2, 0.25) is 0 Å². The highest BCUT2D eigenvalue weighted by Crippen LogP contribution is 2.03. The summed E-state index contributed by atoms with van der Waals surface area (Å²) < 4.78 is 0. The Bertz CT molecular complexity index is 249. The molecule has 13 heavy (non-hydrogen) atoms. The van der Waals surface area contributed by atoms with Crippen molar-refractivity contribution < 1.29 is 9.59 Å². The molecule has 6 nitrogen and oxygen atoms in total. The largest absolute Gasteiger partial charge is 0.351 e. The average molecular weight is 184 g/mol. The normalized spacial score (nSPS) is 15.8. The molecule has 1 heterocycles. The third-order valence-electron chi connectivity index (χ3n) is 1.62. The Kier molecular flexibility index (Phi) is 3.24. The second kappa shape index (κ2) is 4.44. The van der Waals surface area contributed by atoms with E-state index in [-0.39, 0.29) is 0 Å². The molecule has 1 aliphatic rings. The maximum absolute atomic E-state index is 10.9. The van der Waals surface area contributed by atoms with E-state index in [1.54, 1.807) is 0 Å². The predicted molar refractivity (Wildman–Crippen MR) is 47.4 cm³/mol. The van der Waals surface area contributed by atoms with E-state index in [1.807, 2.05) is 5.32 Å². The van der Waals surface area contributed by atoms with Crippen molar-refractivity contribution in [1.82, 2.24) is 10.6 Å². The summed E-state index contributed by atoms with van der Waals surface area (Å²) in [4.78, 5) is 25.2. The van der Waals surface area contributed by atoms with Crippen molar-refractivity contribution in [3.63, 3.8) is 0 Å². The lowest BCUT2D eigenvalue weighted by atomic mass is 10.2. The first-order valence-corrected chi connectivity index (χ1v) is 4.09. The number of carbonyl (C=O) groups is 2. The summed E-state index contributed by atoms with van der Waals surface area (Å²) in [5.41, 5.74) is 4.75. The molecular weight excluding hydrogens is 172 g/mol. The van der Waals surface area contributed by atoms with Gasteiger partial charge in [-0.3, -0.25) is 15.6 Å². The van der Waals surface area contributed by atoms with Crippen molar-refractivity contribution in [3.8, 4) is 0 Å². The second-order valence-electron chi connectivity index (χ2n) is 2.73. The fourth-order valence-electron chi connectivity index (χ4n) is 1.07. The molecular formula is C7H12N4O2. The summed E-state index contributed by atoms with van der Waals surface area (Å²) in [5, 5.41) is 4.35.